The van der Waals surface area contributed by atoms with Crippen molar-refractivity contribution in [2.75, 3.05) is 19.6 Å². The molecule has 4 heterocycles. The van der Waals surface area contributed by atoms with Crippen molar-refractivity contribution in [3.63, 3.8) is 0 Å². The fourth-order valence-electron chi connectivity index (χ4n) is 4.28. The molecule has 2 unspecified atom stereocenters. The van der Waals surface area contributed by atoms with Crippen LogP contribution in [0.2, 0.25) is 0 Å². The largest absolute Gasteiger partial charge is 0.497 e. The van der Waals surface area contributed by atoms with Gasteiger partial charge >= 0.3 is 0 Å². The Morgan fingerprint density at radius 1 is 1.15 bits per heavy atom. The number of methoxy groups -OCH3 is 1. The Morgan fingerprint density at radius 3 is 2.85 bits per heavy atom. The molecule has 4 aromatic rings. The lowest BCUT2D eigenvalue weighted by molar-refractivity contribution is 0.0869. The lowest BCUT2D eigenvalue weighted by atomic mass is 9.87. The highest BCUT2D eigenvalue weighted by atomic mass is 32.1. The van der Waals surface area contributed by atoms with Crippen LogP contribution in [-0.2, 0) is 0 Å². The number of carbonyl (C=O) groups is 1. The number of ether oxygens (including phenoxy) is 3. The summed E-state index contributed by atoms with van der Waals surface area (Å²) in [5.74, 6) is 2.28. The van der Waals surface area contributed by atoms with E-state index in [1.54, 1.807) is 7.11 Å². The fourth-order valence-corrected chi connectivity index (χ4v) is 5.37. The zero-order valence-electron chi connectivity index (χ0n) is 17.8. The SMILES string of the molecule is COc1cccc(-c2ccc3c(N)c(C(=O)C4CC(c5ccc6c(c5)OCO6)N4)sc3n2)c1. The second-order valence-electron chi connectivity index (χ2n) is 8.11. The standard InChI is InChI=1S/C25H21N3O4S/c1-30-15-4-2-3-13(9-15)17-7-6-16-22(26)24(33-25(16)28-17)23(29)19-11-18(27-19)14-5-8-20-21(10-14)32-12-31-20/h2-10,18-19,27H,11-12,26H2,1H3. The Kier molecular flexibility index (Phi) is 4.70. The van der Waals surface area contributed by atoms with Crippen LogP contribution in [0, 0.1) is 0 Å². The van der Waals surface area contributed by atoms with Gasteiger partial charge in [-0.15, -0.1) is 11.3 Å². The average Bonchev–Trinajstić information content (AvgIpc) is 3.41. The molecule has 2 aliphatic rings. The Labute approximate surface area is 194 Å². The molecule has 3 N–H and O–H groups in total. The molecule has 2 aromatic heterocycles. The summed E-state index contributed by atoms with van der Waals surface area (Å²) in [4.78, 5) is 19.3. The topological polar surface area (TPSA) is 95.7 Å². The van der Waals surface area contributed by atoms with Crippen LogP contribution in [0.3, 0.4) is 0 Å². The van der Waals surface area contributed by atoms with Crippen LogP contribution in [0.1, 0.15) is 27.7 Å². The number of benzene rings is 2. The van der Waals surface area contributed by atoms with E-state index in [4.69, 9.17) is 24.9 Å². The van der Waals surface area contributed by atoms with Crippen LogP contribution in [0.25, 0.3) is 21.5 Å². The molecule has 1 fully saturated rings. The predicted octanol–water partition coefficient (Wildman–Crippen LogP) is 4.57. The smallest absolute Gasteiger partial charge is 0.231 e. The molecule has 2 aliphatic heterocycles. The number of thiophene rings is 1. The van der Waals surface area contributed by atoms with Gasteiger partial charge in [-0.05, 0) is 48.4 Å². The molecule has 0 radical (unpaired) electrons. The maximum Gasteiger partial charge on any atom is 0.231 e. The number of pyridine rings is 1. The van der Waals surface area contributed by atoms with Crippen LogP contribution >= 0.6 is 11.3 Å². The summed E-state index contributed by atoms with van der Waals surface area (Å²) in [5, 5.41) is 4.18. The van der Waals surface area contributed by atoms with Crippen molar-refractivity contribution in [1.82, 2.24) is 10.3 Å². The van der Waals surface area contributed by atoms with Gasteiger partial charge in [0.2, 0.25) is 6.79 Å². The van der Waals surface area contributed by atoms with Crippen LogP contribution in [0.5, 0.6) is 17.2 Å². The second kappa shape index (κ2) is 7.75. The number of hydrogen-bond donors (Lipinski definition) is 2. The molecule has 0 spiro atoms. The van der Waals surface area contributed by atoms with Gasteiger partial charge in [0.05, 0.1) is 29.4 Å². The first-order valence-electron chi connectivity index (χ1n) is 10.6. The summed E-state index contributed by atoms with van der Waals surface area (Å²) >= 11 is 1.35. The van der Waals surface area contributed by atoms with Crippen molar-refractivity contribution < 1.29 is 19.0 Å². The van der Waals surface area contributed by atoms with Gasteiger partial charge in [0.25, 0.3) is 0 Å². The Balaban J connectivity index is 1.22. The third-order valence-electron chi connectivity index (χ3n) is 6.17. The molecule has 0 amide bonds. The molecular weight excluding hydrogens is 438 g/mol. The Morgan fingerprint density at radius 2 is 2.00 bits per heavy atom. The number of nitrogens with one attached hydrogen (secondary N) is 1. The fraction of sp³-hybridized carbons (Fsp3) is 0.200. The van der Waals surface area contributed by atoms with E-state index in [0.717, 1.165) is 44.3 Å². The minimum atomic E-state index is -0.270. The van der Waals surface area contributed by atoms with Crippen molar-refractivity contribution in [3.05, 3.63) is 65.0 Å². The van der Waals surface area contributed by atoms with E-state index in [-0.39, 0.29) is 24.7 Å². The third kappa shape index (κ3) is 3.39. The van der Waals surface area contributed by atoms with Crippen molar-refractivity contribution in [3.8, 4) is 28.5 Å². The third-order valence-corrected chi connectivity index (χ3v) is 7.30. The second-order valence-corrected chi connectivity index (χ2v) is 9.11. The highest BCUT2D eigenvalue weighted by Gasteiger charge is 2.37. The molecule has 7 nitrogen and oxygen atoms in total. The van der Waals surface area contributed by atoms with E-state index in [1.807, 2.05) is 54.6 Å². The minimum absolute atomic E-state index is 0.00965. The Bertz CT molecular complexity index is 1390. The van der Waals surface area contributed by atoms with Gasteiger partial charge < -0.3 is 25.3 Å². The number of ketones is 1. The summed E-state index contributed by atoms with van der Waals surface area (Å²) in [7, 11) is 1.64. The van der Waals surface area contributed by atoms with Gasteiger partial charge in [-0.25, -0.2) is 4.98 Å². The summed E-state index contributed by atoms with van der Waals surface area (Å²) < 4.78 is 16.1. The lowest BCUT2D eigenvalue weighted by Gasteiger charge is -2.36. The molecule has 0 saturated carbocycles. The number of nitrogen functional groups attached to an aromatic ring is 1. The summed E-state index contributed by atoms with van der Waals surface area (Å²) in [5.41, 5.74) is 9.71. The molecule has 1 saturated heterocycles. The van der Waals surface area contributed by atoms with Crippen LogP contribution in [-0.4, -0.2) is 30.7 Å². The van der Waals surface area contributed by atoms with E-state index in [0.29, 0.717) is 17.0 Å². The maximum atomic E-state index is 13.2. The highest BCUT2D eigenvalue weighted by molar-refractivity contribution is 7.21. The molecule has 166 valence electrons. The molecule has 33 heavy (non-hydrogen) atoms. The Hall–Kier alpha value is -3.62. The molecular formula is C25H21N3O4S. The van der Waals surface area contributed by atoms with Crippen LogP contribution in [0.15, 0.2) is 54.6 Å². The average molecular weight is 460 g/mol. The monoisotopic (exact) mass is 459 g/mol. The van der Waals surface area contributed by atoms with Gasteiger partial charge in [0.15, 0.2) is 17.3 Å². The number of fused-ring (bicyclic) bond motifs is 2. The van der Waals surface area contributed by atoms with E-state index in [2.05, 4.69) is 5.32 Å². The molecule has 6 rings (SSSR count). The predicted molar refractivity (Wildman–Crippen MR) is 127 cm³/mol. The summed E-state index contributed by atoms with van der Waals surface area (Å²) in [6.45, 7) is 0.247. The highest BCUT2D eigenvalue weighted by Crippen LogP contribution is 2.40. The number of hydrogen-bond acceptors (Lipinski definition) is 8. The van der Waals surface area contributed by atoms with Crippen LogP contribution in [0.4, 0.5) is 5.69 Å². The van der Waals surface area contributed by atoms with Gasteiger partial charge in [0, 0.05) is 17.0 Å². The van der Waals surface area contributed by atoms with Gasteiger partial charge in [-0.1, -0.05) is 18.2 Å². The zero-order valence-corrected chi connectivity index (χ0v) is 18.6. The molecule has 8 heteroatoms. The number of nitrogens with zero attached hydrogens (tertiary/aromatic N) is 1. The normalized spacial score (nSPS) is 18.8. The number of Topliss-reactive ketones (excluding diaryl/α,β-unsaturated/α-hetero) is 1. The number of rotatable bonds is 5. The van der Waals surface area contributed by atoms with Crippen molar-refractivity contribution in [1.29, 1.82) is 0 Å². The van der Waals surface area contributed by atoms with Crippen molar-refractivity contribution in [2.45, 2.75) is 18.5 Å². The molecule has 0 bridgehead atoms. The molecule has 2 atom stereocenters. The molecule has 0 aliphatic carbocycles. The van der Waals surface area contributed by atoms with E-state index < -0.39 is 0 Å². The minimum Gasteiger partial charge on any atom is -0.497 e. The van der Waals surface area contributed by atoms with Crippen molar-refractivity contribution >= 4 is 33.0 Å². The first-order valence-corrected chi connectivity index (χ1v) is 11.5. The van der Waals surface area contributed by atoms with E-state index >= 15 is 0 Å². The van der Waals surface area contributed by atoms with E-state index in [1.165, 1.54) is 11.3 Å². The van der Waals surface area contributed by atoms with Gasteiger partial charge in [-0.2, -0.15) is 0 Å². The quantitative estimate of drug-likeness (QED) is 0.422. The summed E-state index contributed by atoms with van der Waals surface area (Å²) in [6.07, 6.45) is 0.703. The lowest BCUT2D eigenvalue weighted by Crippen LogP contribution is -2.50. The zero-order chi connectivity index (χ0) is 22.5. The molecule has 2 aromatic carbocycles. The van der Waals surface area contributed by atoms with Crippen molar-refractivity contribution in [2.24, 2.45) is 0 Å². The number of aromatic nitrogens is 1. The first-order chi connectivity index (χ1) is 16.1. The first kappa shape index (κ1) is 20.0. The van der Waals surface area contributed by atoms with E-state index in [9.17, 15) is 4.79 Å². The number of nitrogens with two attached hydrogens (primary N) is 1. The van der Waals surface area contributed by atoms with Gasteiger partial charge in [0.1, 0.15) is 10.6 Å². The van der Waals surface area contributed by atoms with Gasteiger partial charge in [-0.3, -0.25) is 4.79 Å². The number of carbonyl (C=O) groups excluding carboxylic acids is 1. The summed E-state index contributed by atoms with van der Waals surface area (Å²) in [6, 6.07) is 17.3. The van der Waals surface area contributed by atoms with Crippen LogP contribution < -0.4 is 25.3 Å². The number of anilines is 1. The maximum absolute atomic E-state index is 13.2.